The van der Waals surface area contributed by atoms with Crippen molar-refractivity contribution in [2.75, 3.05) is 12.4 Å². The molecule has 16 nitrogen and oxygen atoms in total. The van der Waals surface area contributed by atoms with Crippen LogP contribution in [-0.4, -0.2) is 78.0 Å². The second kappa shape index (κ2) is 22.3. The highest BCUT2D eigenvalue weighted by atomic mass is 32.2. The highest BCUT2D eigenvalue weighted by Crippen LogP contribution is 2.40. The van der Waals surface area contributed by atoms with E-state index in [1.165, 1.54) is 50.8 Å². The molecular weight excluding hydrogens is 729 g/mol. The first-order valence-corrected chi connectivity index (χ1v) is 19.7. The van der Waals surface area contributed by atoms with E-state index in [4.69, 9.17) is 20.4 Å². The number of nitrogens with one attached hydrogen (secondary N) is 2. The lowest BCUT2D eigenvalue weighted by molar-refractivity contribution is -0.150. The molecule has 0 saturated carbocycles. The van der Waals surface area contributed by atoms with Crippen molar-refractivity contribution in [3.05, 3.63) is 62.9 Å². The molecule has 1 aromatic heterocycles. The van der Waals surface area contributed by atoms with Crippen LogP contribution in [0.3, 0.4) is 0 Å². The average molecular weight is 781 g/mol. The minimum atomic E-state index is -1.37. The minimum Gasteiger partial charge on any atom is -0.503 e. The summed E-state index contributed by atoms with van der Waals surface area (Å²) in [6.07, 6.45) is 16.5. The predicted octanol–water partition coefficient (Wildman–Crippen LogP) is 3.52. The van der Waals surface area contributed by atoms with E-state index in [9.17, 15) is 39.4 Å². The summed E-state index contributed by atoms with van der Waals surface area (Å²) in [5, 5.41) is 36.8. The van der Waals surface area contributed by atoms with Gasteiger partial charge in [0.15, 0.2) is 5.75 Å². The quantitative estimate of drug-likeness (QED) is 0.00913. The number of unbranched alkanes of at least 4 members (excludes halogenated alkanes) is 8. The van der Waals surface area contributed by atoms with E-state index in [0.717, 1.165) is 54.8 Å². The minimum absolute atomic E-state index is 0.0375. The van der Waals surface area contributed by atoms with Crippen LogP contribution in [0.15, 0.2) is 51.8 Å². The van der Waals surface area contributed by atoms with E-state index in [2.05, 4.69) is 29.9 Å². The molecule has 1 saturated heterocycles. The molecule has 3 heterocycles. The molecule has 0 spiro atoms. The number of carboxylic acids is 1. The number of carbonyl (C=O) groups is 4. The highest BCUT2D eigenvalue weighted by molar-refractivity contribution is 8.00. The number of ether oxygens (including phenoxy) is 1. The Balaban J connectivity index is 1.77. The molecule has 1 unspecified atom stereocenters. The van der Waals surface area contributed by atoms with Gasteiger partial charge < -0.3 is 31.2 Å². The number of esters is 1. The Morgan fingerprint density at radius 2 is 1.77 bits per heavy atom. The molecule has 3 atom stereocenters. The molecule has 0 aliphatic carbocycles. The van der Waals surface area contributed by atoms with Gasteiger partial charge in [0.25, 0.3) is 11.8 Å². The molecule has 0 radical (unpaired) electrons. The zero-order chi connectivity index (χ0) is 38.9. The van der Waals surface area contributed by atoms with Gasteiger partial charge in [-0.15, -0.1) is 11.8 Å². The monoisotopic (exact) mass is 780 g/mol. The molecule has 9 N–H and O–H groups in total. The first-order valence-electron chi connectivity index (χ1n) is 17.7. The Morgan fingerprint density at radius 1 is 1.09 bits per heavy atom. The highest BCUT2D eigenvalue weighted by Gasteiger charge is 2.54. The summed E-state index contributed by atoms with van der Waals surface area (Å²) in [5.74, 6) is -3.88. The van der Waals surface area contributed by atoms with Gasteiger partial charge in [0.1, 0.15) is 36.0 Å². The Morgan fingerprint density at radius 3 is 2.43 bits per heavy atom. The maximum Gasteiger partial charge on any atom is 0.352 e. The van der Waals surface area contributed by atoms with Gasteiger partial charge in [-0.25, -0.2) is 4.79 Å². The lowest BCUT2D eigenvalue weighted by atomic mass is 10.00. The van der Waals surface area contributed by atoms with Crippen LogP contribution in [0.25, 0.3) is 0 Å². The van der Waals surface area contributed by atoms with Gasteiger partial charge in [-0.2, -0.15) is 4.73 Å². The number of carboxylic acid groups (broad SMARTS) is 1. The third-order valence-corrected chi connectivity index (χ3v) is 10.5. The summed E-state index contributed by atoms with van der Waals surface area (Å²) < 4.78 is 5.50. The van der Waals surface area contributed by atoms with Crippen LogP contribution in [0, 0.1) is 0 Å². The van der Waals surface area contributed by atoms with E-state index in [1.54, 1.807) is 0 Å². The number of rotatable bonds is 24. The van der Waals surface area contributed by atoms with Crippen LogP contribution >= 0.6 is 23.7 Å². The largest absolute Gasteiger partial charge is 0.503 e. The van der Waals surface area contributed by atoms with Gasteiger partial charge in [0.05, 0.1) is 17.3 Å². The summed E-state index contributed by atoms with van der Waals surface area (Å²) in [6.45, 7) is 2.70. The summed E-state index contributed by atoms with van der Waals surface area (Å²) >= 11 is 2.12. The van der Waals surface area contributed by atoms with Gasteiger partial charge in [-0.1, -0.05) is 63.1 Å². The molecule has 53 heavy (non-hydrogen) atoms. The number of pyridine rings is 1. The number of hydrogen-bond acceptors (Lipinski definition) is 14. The number of nitrogens with zero attached hydrogens (tertiary/aromatic N) is 2. The average Bonchev–Trinajstić information content (AvgIpc) is 3.12. The van der Waals surface area contributed by atoms with Crippen molar-refractivity contribution in [2.45, 2.75) is 114 Å². The van der Waals surface area contributed by atoms with Crippen LogP contribution in [-0.2, 0) is 35.4 Å². The van der Waals surface area contributed by atoms with Crippen molar-refractivity contribution in [1.82, 2.24) is 20.4 Å². The number of hydrogen-bond donors (Lipinski definition) is 7. The van der Waals surface area contributed by atoms with E-state index in [-0.39, 0.29) is 41.4 Å². The van der Waals surface area contributed by atoms with Gasteiger partial charge in [0, 0.05) is 24.3 Å². The SMILES string of the molecule is CCCCCCCCC=CCCCCC(CC(N)SN)=C(NOCc1cc(=O)c(O)cn1O)C(=O)N[C@@H]1C(=O)N2C(C(=O)O)=C(COC(C)=O)CS[C@H]12. The second-order valence-corrected chi connectivity index (χ2v) is 14.8. The Bertz CT molecular complexity index is 1600. The number of allylic oxidation sites excluding steroid dienone is 2. The number of aliphatic carboxylic acids is 1. The van der Waals surface area contributed by atoms with Crippen molar-refractivity contribution < 1.29 is 44.2 Å². The number of aromatic nitrogens is 1. The van der Waals surface area contributed by atoms with Crippen LogP contribution in [0.2, 0.25) is 0 Å². The van der Waals surface area contributed by atoms with Gasteiger partial charge in [-0.3, -0.25) is 39.5 Å². The van der Waals surface area contributed by atoms with Crippen molar-refractivity contribution in [3.8, 4) is 5.75 Å². The molecule has 0 aromatic carbocycles. The van der Waals surface area contributed by atoms with E-state index in [1.807, 2.05) is 0 Å². The molecule has 0 bridgehead atoms. The van der Waals surface area contributed by atoms with E-state index >= 15 is 0 Å². The molecule has 1 aromatic rings. The maximum absolute atomic E-state index is 14.0. The molecule has 18 heteroatoms. The van der Waals surface area contributed by atoms with Gasteiger partial charge >= 0.3 is 11.9 Å². The van der Waals surface area contributed by atoms with Crippen LogP contribution in [0.1, 0.15) is 96.6 Å². The Hall–Kier alpha value is -3.97. The van der Waals surface area contributed by atoms with E-state index in [0.29, 0.717) is 23.1 Å². The smallest absolute Gasteiger partial charge is 0.352 e. The predicted molar refractivity (Wildman–Crippen MR) is 201 cm³/mol. The maximum atomic E-state index is 14.0. The van der Waals surface area contributed by atoms with Crippen molar-refractivity contribution in [3.63, 3.8) is 0 Å². The zero-order valence-corrected chi connectivity index (χ0v) is 31.8. The summed E-state index contributed by atoms with van der Waals surface area (Å²) in [7, 11) is 0. The number of nitrogens with two attached hydrogens (primary N) is 2. The fourth-order valence-corrected chi connectivity index (χ4v) is 7.44. The molecule has 294 valence electrons. The lowest BCUT2D eigenvalue weighted by Crippen LogP contribution is -2.71. The molecule has 1 fully saturated rings. The first kappa shape index (κ1) is 43.4. The number of β-lactam (4-membered cyclic amide) rings is 1. The Labute approximate surface area is 317 Å². The second-order valence-electron chi connectivity index (χ2n) is 12.8. The molecular formula is C35H52N6O10S2. The number of aromatic hydroxyl groups is 1. The topological polar surface area (TPSA) is 249 Å². The normalized spacial score (nSPS) is 18.0. The van der Waals surface area contributed by atoms with Crippen molar-refractivity contribution >= 4 is 47.5 Å². The number of thioether (sulfide) groups is 1. The first-order chi connectivity index (χ1) is 25.4. The fourth-order valence-electron chi connectivity index (χ4n) is 5.82. The van der Waals surface area contributed by atoms with Crippen LogP contribution < -0.4 is 27.1 Å². The third kappa shape index (κ3) is 13.1. The molecule has 2 amide bonds. The van der Waals surface area contributed by atoms with Gasteiger partial charge in [0.2, 0.25) is 5.43 Å². The lowest BCUT2D eigenvalue weighted by Gasteiger charge is -2.49. The molecule has 3 rings (SSSR count). The van der Waals surface area contributed by atoms with Crippen molar-refractivity contribution in [2.24, 2.45) is 10.9 Å². The Kier molecular flexibility index (Phi) is 18.3. The number of hydroxylamine groups is 1. The summed E-state index contributed by atoms with van der Waals surface area (Å²) in [5.41, 5.74) is 8.50. The molecule has 2 aliphatic heterocycles. The number of fused-ring (bicyclic) bond motifs is 1. The van der Waals surface area contributed by atoms with E-state index < -0.39 is 58.3 Å². The summed E-state index contributed by atoms with van der Waals surface area (Å²) in [6, 6.07) is -0.128. The standard InChI is InChI=1S/C35H52N6O10S2/c1-3-4-5-6-7-8-9-10-11-12-13-14-15-23(16-28(36)53-37)29(39-51-20-25-17-26(43)27(44)18-40(25)49)32(45)38-30-33(46)41-31(35(47)48)24(19-50-22(2)42)21-52-34(30)41/h10-11,17-18,28,30,34,39,44,49H,3-9,12-16,19-21,36-37H2,1-2H3,(H,38,45)(H,47,48)/t28?,30-,34-/m1/s1. The fraction of sp³-hybridized carbons (Fsp3) is 0.571. The third-order valence-electron chi connectivity index (χ3n) is 8.66. The van der Waals surface area contributed by atoms with Gasteiger partial charge in [-0.05, 0) is 50.5 Å². The zero-order valence-electron chi connectivity index (χ0n) is 30.2. The molecule has 2 aliphatic rings. The van der Waals surface area contributed by atoms with Crippen molar-refractivity contribution in [1.29, 1.82) is 0 Å². The van der Waals surface area contributed by atoms with Crippen LogP contribution in [0.4, 0.5) is 0 Å². The number of carbonyl (C=O) groups excluding carboxylic acids is 3. The number of amides is 2. The summed E-state index contributed by atoms with van der Waals surface area (Å²) in [4.78, 5) is 69.4. The van der Waals surface area contributed by atoms with Crippen LogP contribution in [0.5, 0.6) is 5.75 Å².